The predicted molar refractivity (Wildman–Crippen MR) is 72.7 cm³/mol. The second-order valence-corrected chi connectivity index (χ2v) is 4.65. The number of hydrogen-bond donors (Lipinski definition) is 0. The third-order valence-electron chi connectivity index (χ3n) is 2.21. The van der Waals surface area contributed by atoms with Gasteiger partial charge in [0.1, 0.15) is 12.1 Å². The Morgan fingerprint density at radius 1 is 1.44 bits per heavy atom. The first-order chi connectivity index (χ1) is 8.58. The molecule has 0 saturated heterocycles. The smallest absolute Gasteiger partial charge is 0.272 e. The number of nitrogens with zero attached hydrogens (tertiary/aromatic N) is 3. The molecule has 0 radical (unpaired) electrons. The summed E-state index contributed by atoms with van der Waals surface area (Å²) in [5.74, 6) is 0.938. The number of aryl methyl sites for hydroxylation is 1. The fourth-order valence-corrected chi connectivity index (χ4v) is 1.79. The first-order valence-electron chi connectivity index (χ1n) is 4.96. The third kappa shape index (κ3) is 2.73. The summed E-state index contributed by atoms with van der Waals surface area (Å²) < 4.78 is 6.31. The molecule has 18 heavy (non-hydrogen) atoms. The van der Waals surface area contributed by atoms with Crippen LogP contribution < -0.4 is 4.74 Å². The van der Waals surface area contributed by atoms with E-state index in [2.05, 4.69) is 32.6 Å². The van der Waals surface area contributed by atoms with Crippen molar-refractivity contribution in [3.05, 3.63) is 50.0 Å². The molecule has 0 aliphatic heterocycles. The molecule has 0 bridgehead atoms. The summed E-state index contributed by atoms with van der Waals surface area (Å²) in [7, 11) is 0. The number of aromatic nitrogens is 2. The Hall–Kier alpha value is -1.77. The van der Waals surface area contributed by atoms with Crippen molar-refractivity contribution in [3.63, 3.8) is 0 Å². The summed E-state index contributed by atoms with van der Waals surface area (Å²) in [6, 6.07) is 4.57. The van der Waals surface area contributed by atoms with Gasteiger partial charge in [-0.2, -0.15) is 0 Å². The van der Waals surface area contributed by atoms with Gasteiger partial charge < -0.3 is 4.74 Å². The second kappa shape index (κ2) is 5.25. The van der Waals surface area contributed by atoms with Crippen LogP contribution in [-0.4, -0.2) is 14.9 Å². The highest BCUT2D eigenvalue weighted by Crippen LogP contribution is 2.27. The topological polar surface area (TPSA) is 78.2 Å². The van der Waals surface area contributed by atoms with Crippen molar-refractivity contribution in [2.45, 2.75) is 6.92 Å². The van der Waals surface area contributed by atoms with E-state index in [4.69, 9.17) is 4.74 Å². The number of nitro groups is 1. The van der Waals surface area contributed by atoms with Gasteiger partial charge in [-0.3, -0.25) is 10.1 Å². The summed E-state index contributed by atoms with van der Waals surface area (Å²) in [6.07, 6.45) is 3.01. The molecule has 0 unspecified atom stereocenters. The number of rotatable bonds is 3. The molecule has 1 aromatic carbocycles. The van der Waals surface area contributed by atoms with E-state index in [1.165, 1.54) is 12.4 Å². The van der Waals surface area contributed by atoms with E-state index >= 15 is 0 Å². The van der Waals surface area contributed by atoms with Crippen LogP contribution in [0.1, 0.15) is 5.56 Å². The quantitative estimate of drug-likeness (QED) is 0.479. The average Bonchev–Trinajstić information content (AvgIpc) is 2.32. The highest BCUT2D eigenvalue weighted by molar-refractivity contribution is 14.1. The SMILES string of the molecule is Cc1cc(Oc2ncncc2I)ccc1[N+](=O)[O-]. The minimum absolute atomic E-state index is 0.0692. The van der Waals surface area contributed by atoms with Crippen LogP contribution in [-0.2, 0) is 0 Å². The molecule has 0 saturated carbocycles. The van der Waals surface area contributed by atoms with E-state index in [9.17, 15) is 10.1 Å². The lowest BCUT2D eigenvalue weighted by atomic mass is 10.2. The van der Waals surface area contributed by atoms with Crippen molar-refractivity contribution < 1.29 is 9.66 Å². The number of nitro benzene ring substituents is 1. The van der Waals surface area contributed by atoms with Gasteiger partial charge in [-0.05, 0) is 41.6 Å². The lowest BCUT2D eigenvalue weighted by molar-refractivity contribution is -0.385. The monoisotopic (exact) mass is 357 g/mol. The van der Waals surface area contributed by atoms with Gasteiger partial charge in [-0.15, -0.1) is 0 Å². The van der Waals surface area contributed by atoms with Crippen molar-refractivity contribution in [1.82, 2.24) is 9.97 Å². The first-order valence-corrected chi connectivity index (χ1v) is 6.04. The van der Waals surface area contributed by atoms with Crippen molar-refractivity contribution >= 4 is 28.3 Å². The van der Waals surface area contributed by atoms with Gasteiger partial charge in [-0.1, -0.05) is 0 Å². The van der Waals surface area contributed by atoms with Gasteiger partial charge in [0, 0.05) is 17.8 Å². The fraction of sp³-hybridized carbons (Fsp3) is 0.0909. The van der Waals surface area contributed by atoms with Crippen LogP contribution in [0.4, 0.5) is 5.69 Å². The van der Waals surface area contributed by atoms with E-state index in [1.807, 2.05) is 0 Å². The minimum Gasteiger partial charge on any atom is -0.438 e. The van der Waals surface area contributed by atoms with Crippen molar-refractivity contribution in [1.29, 1.82) is 0 Å². The van der Waals surface area contributed by atoms with Crippen molar-refractivity contribution in [2.75, 3.05) is 0 Å². The molecule has 1 aromatic heterocycles. The van der Waals surface area contributed by atoms with Crippen LogP contribution in [0.2, 0.25) is 0 Å². The number of ether oxygens (including phenoxy) is 1. The molecule has 0 aliphatic carbocycles. The van der Waals surface area contributed by atoms with E-state index in [1.54, 1.807) is 25.3 Å². The van der Waals surface area contributed by atoms with Crippen LogP contribution in [0.3, 0.4) is 0 Å². The molecule has 0 N–H and O–H groups in total. The standard InChI is InChI=1S/C11H8IN3O3/c1-7-4-8(2-3-10(7)15(16)17)18-11-9(12)5-13-6-14-11/h2-6H,1H3. The number of halogens is 1. The molecule has 0 spiro atoms. The zero-order valence-corrected chi connectivity index (χ0v) is 11.5. The predicted octanol–water partition coefficient (Wildman–Crippen LogP) is 3.09. The van der Waals surface area contributed by atoms with Gasteiger partial charge >= 0.3 is 0 Å². The second-order valence-electron chi connectivity index (χ2n) is 3.48. The Balaban J connectivity index is 2.29. The Bertz CT molecular complexity index is 604. The molecular weight excluding hydrogens is 349 g/mol. The summed E-state index contributed by atoms with van der Waals surface area (Å²) in [4.78, 5) is 18.1. The zero-order chi connectivity index (χ0) is 13.1. The Labute approximate surface area is 116 Å². The Morgan fingerprint density at radius 3 is 2.83 bits per heavy atom. The molecule has 0 amide bonds. The van der Waals surface area contributed by atoms with Crippen molar-refractivity contribution in [2.24, 2.45) is 0 Å². The van der Waals surface area contributed by atoms with Crippen LogP contribution in [0.5, 0.6) is 11.6 Å². The molecule has 6 nitrogen and oxygen atoms in total. The van der Waals surface area contributed by atoms with Gasteiger partial charge in [0.2, 0.25) is 5.88 Å². The Morgan fingerprint density at radius 2 is 2.22 bits per heavy atom. The van der Waals surface area contributed by atoms with E-state index in [0.29, 0.717) is 17.2 Å². The van der Waals surface area contributed by atoms with Crippen LogP contribution in [0, 0.1) is 20.6 Å². The Kier molecular flexibility index (Phi) is 3.70. The van der Waals surface area contributed by atoms with E-state index in [0.717, 1.165) is 3.57 Å². The molecule has 7 heteroatoms. The van der Waals surface area contributed by atoms with Gasteiger partial charge in [0.25, 0.3) is 5.69 Å². The van der Waals surface area contributed by atoms with E-state index < -0.39 is 4.92 Å². The number of benzene rings is 1. The largest absolute Gasteiger partial charge is 0.438 e. The molecule has 0 aliphatic rings. The van der Waals surface area contributed by atoms with Crippen LogP contribution in [0.15, 0.2) is 30.7 Å². The highest BCUT2D eigenvalue weighted by atomic mass is 127. The summed E-state index contributed by atoms with van der Waals surface area (Å²) >= 11 is 2.05. The van der Waals surface area contributed by atoms with Crippen molar-refractivity contribution in [3.8, 4) is 11.6 Å². The lowest BCUT2D eigenvalue weighted by Gasteiger charge is -2.06. The zero-order valence-electron chi connectivity index (χ0n) is 9.33. The van der Waals surface area contributed by atoms with Gasteiger partial charge in [0.15, 0.2) is 0 Å². The lowest BCUT2D eigenvalue weighted by Crippen LogP contribution is -1.94. The highest BCUT2D eigenvalue weighted by Gasteiger charge is 2.12. The maximum atomic E-state index is 10.7. The maximum absolute atomic E-state index is 10.7. The molecule has 2 rings (SSSR count). The molecular formula is C11H8IN3O3. The molecule has 0 atom stereocenters. The molecule has 92 valence electrons. The summed E-state index contributed by atoms with van der Waals surface area (Å²) in [6.45, 7) is 1.66. The normalized spacial score (nSPS) is 10.1. The minimum atomic E-state index is -0.423. The third-order valence-corrected chi connectivity index (χ3v) is 2.95. The summed E-state index contributed by atoms with van der Waals surface area (Å²) in [5, 5.41) is 10.7. The fourth-order valence-electron chi connectivity index (χ4n) is 1.38. The van der Waals surface area contributed by atoms with Crippen LogP contribution in [0.25, 0.3) is 0 Å². The number of hydrogen-bond acceptors (Lipinski definition) is 5. The molecule has 0 fully saturated rings. The molecule has 2 aromatic rings. The molecule has 1 heterocycles. The maximum Gasteiger partial charge on any atom is 0.272 e. The van der Waals surface area contributed by atoms with Gasteiger partial charge in [0.05, 0.1) is 8.49 Å². The van der Waals surface area contributed by atoms with Crippen LogP contribution >= 0.6 is 22.6 Å². The average molecular weight is 357 g/mol. The van der Waals surface area contributed by atoms with Gasteiger partial charge in [-0.25, -0.2) is 9.97 Å². The first kappa shape index (κ1) is 12.7. The summed E-state index contributed by atoms with van der Waals surface area (Å²) in [5.41, 5.74) is 0.612. The van der Waals surface area contributed by atoms with E-state index in [-0.39, 0.29) is 5.69 Å².